The Hall–Kier alpha value is -1.15. The Balaban J connectivity index is 1.95. The van der Waals surface area contributed by atoms with Crippen molar-refractivity contribution in [2.75, 3.05) is 5.32 Å². The van der Waals surface area contributed by atoms with Crippen LogP contribution in [0.4, 0.5) is 9.93 Å². The summed E-state index contributed by atoms with van der Waals surface area (Å²) in [7, 11) is 0. The van der Waals surface area contributed by atoms with E-state index in [1.165, 1.54) is 11.3 Å². The Kier molecular flexibility index (Phi) is 3.34. The Morgan fingerprint density at radius 3 is 2.65 bits per heavy atom. The van der Waals surface area contributed by atoms with Crippen molar-refractivity contribution in [3.8, 4) is 0 Å². The fourth-order valence-electron chi connectivity index (χ4n) is 1.58. The van der Waals surface area contributed by atoms with Gasteiger partial charge in [0.1, 0.15) is 5.54 Å². The van der Waals surface area contributed by atoms with Crippen LogP contribution in [0.3, 0.4) is 0 Å². The number of halogens is 1. The maximum atomic E-state index is 11.6. The van der Waals surface area contributed by atoms with Gasteiger partial charge in [-0.3, -0.25) is 5.32 Å². The minimum atomic E-state index is -1.10. The number of hydrogen-bond donors (Lipinski definition) is 3. The fraction of sp³-hybridized carbons (Fsp3) is 0.444. The fourth-order valence-corrected chi connectivity index (χ4v) is 2.68. The summed E-state index contributed by atoms with van der Waals surface area (Å²) < 4.78 is 0.796. The van der Waals surface area contributed by atoms with E-state index in [-0.39, 0.29) is 0 Å². The average molecular weight is 320 g/mol. The highest BCUT2D eigenvalue weighted by atomic mass is 79.9. The zero-order valence-corrected chi connectivity index (χ0v) is 11.1. The van der Waals surface area contributed by atoms with Gasteiger partial charge in [0.15, 0.2) is 5.13 Å². The molecule has 3 N–H and O–H groups in total. The molecule has 1 aliphatic rings. The summed E-state index contributed by atoms with van der Waals surface area (Å²) >= 11 is 4.48. The summed E-state index contributed by atoms with van der Waals surface area (Å²) in [5.41, 5.74) is -1.10. The summed E-state index contributed by atoms with van der Waals surface area (Å²) in [6.45, 7) is 0. The Labute approximate surface area is 110 Å². The molecule has 0 unspecified atom stereocenters. The second-order valence-corrected chi connectivity index (χ2v) is 6.20. The summed E-state index contributed by atoms with van der Waals surface area (Å²) in [6, 6.07) is -0.533. The van der Waals surface area contributed by atoms with E-state index in [9.17, 15) is 9.59 Å². The van der Waals surface area contributed by atoms with Crippen LogP contribution >= 0.6 is 27.3 Å². The van der Waals surface area contributed by atoms with Gasteiger partial charge in [0.05, 0.1) is 9.98 Å². The lowest BCUT2D eigenvalue weighted by atomic mass is 9.77. The summed E-state index contributed by atoms with van der Waals surface area (Å²) in [4.78, 5) is 26.6. The van der Waals surface area contributed by atoms with E-state index in [4.69, 9.17) is 5.11 Å². The molecule has 1 heterocycles. The monoisotopic (exact) mass is 319 g/mol. The molecule has 2 rings (SSSR count). The highest BCUT2D eigenvalue weighted by Gasteiger charge is 2.45. The molecular formula is C9H10BrN3O3S. The lowest BCUT2D eigenvalue weighted by molar-refractivity contribution is -0.148. The normalized spacial score (nSPS) is 17.0. The number of thiazole rings is 1. The number of urea groups is 1. The summed E-state index contributed by atoms with van der Waals surface area (Å²) in [5, 5.41) is 14.5. The Morgan fingerprint density at radius 2 is 2.24 bits per heavy atom. The number of carbonyl (C=O) groups is 2. The number of aromatic nitrogens is 1. The van der Waals surface area contributed by atoms with Crippen LogP contribution in [0, 0.1) is 0 Å². The number of aliphatic carboxylic acids is 1. The van der Waals surface area contributed by atoms with Crippen LogP contribution < -0.4 is 10.6 Å². The third-order valence-corrected chi connectivity index (χ3v) is 4.06. The first-order valence-electron chi connectivity index (χ1n) is 4.96. The molecular weight excluding hydrogens is 310 g/mol. The molecule has 1 aromatic heterocycles. The molecule has 8 heteroatoms. The van der Waals surface area contributed by atoms with E-state index in [2.05, 4.69) is 31.5 Å². The van der Waals surface area contributed by atoms with Gasteiger partial charge < -0.3 is 10.4 Å². The van der Waals surface area contributed by atoms with Gasteiger partial charge in [-0.2, -0.15) is 0 Å². The van der Waals surface area contributed by atoms with Crippen molar-refractivity contribution < 1.29 is 14.7 Å². The minimum absolute atomic E-state index is 0.425. The number of carbonyl (C=O) groups excluding carboxylic acids is 1. The van der Waals surface area contributed by atoms with Gasteiger partial charge in [0.2, 0.25) is 0 Å². The van der Waals surface area contributed by atoms with Crippen LogP contribution in [0.1, 0.15) is 19.3 Å². The van der Waals surface area contributed by atoms with Crippen LogP contribution in [-0.2, 0) is 4.79 Å². The van der Waals surface area contributed by atoms with E-state index in [0.29, 0.717) is 18.0 Å². The van der Waals surface area contributed by atoms with Crippen molar-refractivity contribution >= 4 is 44.4 Å². The van der Waals surface area contributed by atoms with Gasteiger partial charge >= 0.3 is 12.0 Å². The molecule has 1 aliphatic carbocycles. The zero-order chi connectivity index (χ0) is 12.5. The first-order valence-corrected chi connectivity index (χ1v) is 6.57. The predicted octanol–water partition coefficient (Wildman–Crippen LogP) is 2.03. The van der Waals surface area contributed by atoms with Crippen LogP contribution in [0.2, 0.25) is 0 Å². The van der Waals surface area contributed by atoms with E-state index in [1.807, 2.05) is 0 Å². The zero-order valence-electron chi connectivity index (χ0n) is 8.70. The van der Waals surface area contributed by atoms with Gasteiger partial charge in [0, 0.05) is 0 Å². The molecule has 17 heavy (non-hydrogen) atoms. The number of nitrogens with one attached hydrogen (secondary N) is 2. The van der Waals surface area contributed by atoms with Gasteiger partial charge in [-0.1, -0.05) is 11.3 Å². The highest BCUT2D eigenvalue weighted by Crippen LogP contribution is 2.32. The van der Waals surface area contributed by atoms with Crippen LogP contribution in [0.25, 0.3) is 0 Å². The molecule has 1 aromatic rings. The standard InChI is InChI=1S/C9H10BrN3O3S/c10-5-4-11-8(17-5)12-7(16)13-9(6(14)15)2-1-3-9/h4H,1-3H2,(H,14,15)(H2,11,12,13,16). The third-order valence-electron chi connectivity index (χ3n) is 2.67. The number of nitrogens with zero attached hydrogens (tertiary/aromatic N) is 1. The molecule has 2 amide bonds. The van der Waals surface area contributed by atoms with E-state index in [0.717, 1.165) is 10.2 Å². The maximum Gasteiger partial charge on any atom is 0.329 e. The van der Waals surface area contributed by atoms with Gasteiger partial charge in [0.25, 0.3) is 0 Å². The van der Waals surface area contributed by atoms with Crippen molar-refractivity contribution in [2.45, 2.75) is 24.8 Å². The van der Waals surface area contributed by atoms with E-state index in [1.54, 1.807) is 6.20 Å². The first-order chi connectivity index (χ1) is 8.02. The quantitative estimate of drug-likeness (QED) is 0.795. The van der Waals surface area contributed by atoms with Gasteiger partial charge in [-0.15, -0.1) is 0 Å². The van der Waals surface area contributed by atoms with Crippen LogP contribution in [0.15, 0.2) is 9.98 Å². The SMILES string of the molecule is O=C(Nc1ncc(Br)s1)NC1(C(=O)O)CCC1. The molecule has 92 valence electrons. The molecule has 6 nitrogen and oxygen atoms in total. The molecule has 0 atom stereocenters. The third kappa shape index (κ3) is 2.58. The highest BCUT2D eigenvalue weighted by molar-refractivity contribution is 9.11. The minimum Gasteiger partial charge on any atom is -0.480 e. The first kappa shape index (κ1) is 12.3. The average Bonchev–Trinajstić information content (AvgIpc) is 2.57. The molecule has 0 spiro atoms. The Morgan fingerprint density at radius 1 is 1.53 bits per heavy atom. The topological polar surface area (TPSA) is 91.3 Å². The molecule has 0 aliphatic heterocycles. The maximum absolute atomic E-state index is 11.6. The van der Waals surface area contributed by atoms with Crippen LogP contribution in [0.5, 0.6) is 0 Å². The van der Waals surface area contributed by atoms with E-state index < -0.39 is 17.5 Å². The second-order valence-electron chi connectivity index (χ2n) is 3.79. The number of anilines is 1. The number of carboxylic acids is 1. The number of carboxylic acid groups (broad SMARTS) is 1. The number of hydrogen-bond acceptors (Lipinski definition) is 4. The van der Waals surface area contributed by atoms with E-state index >= 15 is 0 Å². The summed E-state index contributed by atoms with van der Waals surface area (Å²) in [5.74, 6) is -0.987. The Bertz CT molecular complexity index is 458. The predicted molar refractivity (Wildman–Crippen MR) is 66.2 cm³/mol. The summed E-state index contributed by atoms with van der Waals surface area (Å²) in [6.07, 6.45) is 3.32. The smallest absolute Gasteiger partial charge is 0.329 e. The van der Waals surface area contributed by atoms with Gasteiger partial charge in [-0.05, 0) is 35.2 Å². The molecule has 0 radical (unpaired) electrons. The lowest BCUT2D eigenvalue weighted by Gasteiger charge is -2.37. The van der Waals surface area contributed by atoms with Crippen LogP contribution in [-0.4, -0.2) is 27.6 Å². The molecule has 0 bridgehead atoms. The second kappa shape index (κ2) is 4.61. The van der Waals surface area contributed by atoms with Gasteiger partial charge in [-0.25, -0.2) is 14.6 Å². The lowest BCUT2D eigenvalue weighted by Crippen LogP contribution is -2.60. The molecule has 0 saturated heterocycles. The van der Waals surface area contributed by atoms with Crippen molar-refractivity contribution in [3.05, 3.63) is 9.98 Å². The van der Waals surface area contributed by atoms with Crippen molar-refractivity contribution in [2.24, 2.45) is 0 Å². The van der Waals surface area contributed by atoms with Crippen molar-refractivity contribution in [1.82, 2.24) is 10.3 Å². The van der Waals surface area contributed by atoms with Crippen molar-refractivity contribution in [3.63, 3.8) is 0 Å². The largest absolute Gasteiger partial charge is 0.480 e. The number of amides is 2. The molecule has 0 aromatic carbocycles. The number of rotatable bonds is 3. The molecule has 1 saturated carbocycles. The van der Waals surface area contributed by atoms with Crippen molar-refractivity contribution in [1.29, 1.82) is 0 Å². The molecule has 1 fully saturated rings.